The van der Waals surface area contributed by atoms with Gasteiger partial charge < -0.3 is 16.8 Å². The first-order valence-electron chi connectivity index (χ1n) is 10.0. The van der Waals surface area contributed by atoms with E-state index in [1.807, 2.05) is 20.8 Å². The lowest BCUT2D eigenvalue weighted by Gasteiger charge is -2.33. The molecule has 5 N–H and O–H groups in total. The number of carbonyl (C=O) groups excluding carboxylic acids is 3. The normalized spacial score (nSPS) is 12.1. The fourth-order valence-corrected chi connectivity index (χ4v) is 4.08. The van der Waals surface area contributed by atoms with Gasteiger partial charge in [-0.1, -0.05) is 41.9 Å². The predicted molar refractivity (Wildman–Crippen MR) is 130 cm³/mol. The molecular formula is C23H24ClN5O3S. The molecule has 2 aromatic carbocycles. The molecule has 8 nitrogen and oxygen atoms in total. The molecule has 1 aromatic heterocycles. The molecule has 1 atom stereocenters. The van der Waals surface area contributed by atoms with Crippen molar-refractivity contribution < 1.29 is 14.4 Å². The number of carbonyl (C=O) groups is 3. The second-order valence-corrected chi connectivity index (χ2v) is 9.55. The van der Waals surface area contributed by atoms with Crippen LogP contribution in [0.1, 0.15) is 52.5 Å². The lowest BCUT2D eigenvalue weighted by atomic mass is 10.0. The van der Waals surface area contributed by atoms with Crippen LogP contribution < -0.4 is 21.7 Å². The number of amides is 3. The first kappa shape index (κ1) is 24.2. The van der Waals surface area contributed by atoms with E-state index in [0.29, 0.717) is 16.3 Å². The molecule has 0 aliphatic heterocycles. The number of nitrogens with one attached hydrogen (secondary N) is 1. The van der Waals surface area contributed by atoms with Gasteiger partial charge in [-0.05, 0) is 62.1 Å². The fraction of sp³-hybridized carbons (Fsp3) is 0.217. The van der Waals surface area contributed by atoms with E-state index in [1.165, 1.54) is 4.90 Å². The number of nitrogen functional groups attached to an aromatic ring is 1. The van der Waals surface area contributed by atoms with Crippen molar-refractivity contribution in [2.24, 2.45) is 5.73 Å². The molecule has 0 spiro atoms. The van der Waals surface area contributed by atoms with Crippen LogP contribution in [0.5, 0.6) is 0 Å². The number of nitrogens with zero attached hydrogens (tertiary/aromatic N) is 2. The van der Waals surface area contributed by atoms with Gasteiger partial charge in [-0.15, -0.1) is 0 Å². The Hall–Kier alpha value is -3.43. The molecule has 172 valence electrons. The van der Waals surface area contributed by atoms with Crippen LogP contribution in [-0.2, 0) is 4.79 Å². The van der Waals surface area contributed by atoms with E-state index in [1.54, 1.807) is 54.6 Å². The average Bonchev–Trinajstić information content (AvgIpc) is 3.13. The van der Waals surface area contributed by atoms with E-state index in [0.717, 1.165) is 11.5 Å². The van der Waals surface area contributed by atoms with Crippen molar-refractivity contribution in [3.63, 3.8) is 0 Å². The summed E-state index contributed by atoms with van der Waals surface area (Å²) < 4.78 is 3.94. The SMILES string of the molecule is CC(C)(C)NC(=O)[C@@H](c1ccc(Cl)cc1)N(C(=O)c1snc(C(N)=O)c1N)c1ccccc1. The number of para-hydroxylation sites is 1. The van der Waals surface area contributed by atoms with E-state index in [-0.39, 0.29) is 16.3 Å². The lowest BCUT2D eigenvalue weighted by Crippen LogP contribution is -2.49. The fourth-order valence-electron chi connectivity index (χ4n) is 3.21. The van der Waals surface area contributed by atoms with Crippen molar-refractivity contribution in [3.8, 4) is 0 Å². The first-order chi connectivity index (χ1) is 15.5. The van der Waals surface area contributed by atoms with Gasteiger partial charge in [0.05, 0.1) is 5.69 Å². The second kappa shape index (κ2) is 9.60. The minimum absolute atomic E-state index is 0.00942. The van der Waals surface area contributed by atoms with Crippen LogP contribution in [0, 0.1) is 0 Å². The molecule has 3 rings (SSSR count). The van der Waals surface area contributed by atoms with Crippen molar-refractivity contribution in [3.05, 3.63) is 75.8 Å². The molecule has 0 aliphatic carbocycles. The highest BCUT2D eigenvalue weighted by atomic mass is 35.5. The number of nitrogens with two attached hydrogens (primary N) is 2. The third-order valence-electron chi connectivity index (χ3n) is 4.60. The van der Waals surface area contributed by atoms with E-state index in [2.05, 4.69) is 9.69 Å². The maximum absolute atomic E-state index is 13.8. The van der Waals surface area contributed by atoms with Gasteiger partial charge in [0.2, 0.25) is 5.91 Å². The molecule has 0 saturated heterocycles. The van der Waals surface area contributed by atoms with Gasteiger partial charge in [-0.2, -0.15) is 4.37 Å². The van der Waals surface area contributed by atoms with Gasteiger partial charge in [0, 0.05) is 16.2 Å². The zero-order valence-corrected chi connectivity index (χ0v) is 19.9. The van der Waals surface area contributed by atoms with Gasteiger partial charge in [-0.25, -0.2) is 0 Å². The molecule has 0 saturated carbocycles. The van der Waals surface area contributed by atoms with E-state index < -0.39 is 29.3 Å². The van der Waals surface area contributed by atoms with Gasteiger partial charge in [-0.3, -0.25) is 19.3 Å². The van der Waals surface area contributed by atoms with E-state index in [4.69, 9.17) is 23.1 Å². The monoisotopic (exact) mass is 485 g/mol. The van der Waals surface area contributed by atoms with Crippen LogP contribution >= 0.6 is 23.1 Å². The minimum Gasteiger partial charge on any atom is -0.395 e. The van der Waals surface area contributed by atoms with E-state index >= 15 is 0 Å². The third-order valence-corrected chi connectivity index (χ3v) is 5.70. The van der Waals surface area contributed by atoms with Crippen LogP contribution in [-0.4, -0.2) is 27.6 Å². The summed E-state index contributed by atoms with van der Waals surface area (Å²) in [5.74, 6) is -1.83. The van der Waals surface area contributed by atoms with Crippen LogP contribution in [0.3, 0.4) is 0 Å². The van der Waals surface area contributed by atoms with Gasteiger partial charge in [0.15, 0.2) is 5.69 Å². The Bertz CT molecular complexity index is 1170. The topological polar surface area (TPSA) is 131 Å². The molecule has 3 aromatic rings. The zero-order valence-electron chi connectivity index (χ0n) is 18.3. The number of hydrogen-bond donors (Lipinski definition) is 3. The Labute approximate surface area is 200 Å². The van der Waals surface area contributed by atoms with Crippen molar-refractivity contribution in [2.45, 2.75) is 32.4 Å². The standard InChI is InChI=1S/C23H24ClN5O3S/c1-23(2,3)27-21(31)18(13-9-11-14(24)12-10-13)29(15-7-5-4-6-8-15)22(32)19-16(25)17(20(26)30)28-33-19/h4-12,18H,25H2,1-3H3,(H2,26,30)(H,27,31)/t18-/m1/s1. The number of primary amides is 1. The highest BCUT2D eigenvalue weighted by Gasteiger charge is 2.37. The maximum atomic E-state index is 13.8. The van der Waals surface area contributed by atoms with E-state index in [9.17, 15) is 14.4 Å². The molecule has 0 fully saturated rings. The van der Waals surface area contributed by atoms with Gasteiger partial charge in [0.25, 0.3) is 11.8 Å². The third kappa shape index (κ3) is 5.50. The zero-order chi connectivity index (χ0) is 24.3. The van der Waals surface area contributed by atoms with Crippen LogP contribution in [0.15, 0.2) is 54.6 Å². The Balaban J connectivity index is 2.20. The second-order valence-electron chi connectivity index (χ2n) is 8.34. The van der Waals surface area contributed by atoms with Crippen molar-refractivity contribution >= 4 is 52.2 Å². The van der Waals surface area contributed by atoms with Crippen LogP contribution in [0.25, 0.3) is 0 Å². The number of benzene rings is 2. The number of rotatable bonds is 6. The summed E-state index contributed by atoms with van der Waals surface area (Å²) in [6.45, 7) is 5.54. The summed E-state index contributed by atoms with van der Waals surface area (Å²) in [6.07, 6.45) is 0. The molecular weight excluding hydrogens is 462 g/mol. The summed E-state index contributed by atoms with van der Waals surface area (Å²) in [6, 6.07) is 14.3. The number of hydrogen-bond acceptors (Lipinski definition) is 6. The highest BCUT2D eigenvalue weighted by Crippen LogP contribution is 2.33. The van der Waals surface area contributed by atoms with Crippen LogP contribution in [0.2, 0.25) is 5.02 Å². The summed E-state index contributed by atoms with van der Waals surface area (Å²) >= 11 is 6.82. The Morgan fingerprint density at radius 2 is 1.67 bits per heavy atom. The Kier molecular flexibility index (Phi) is 7.04. The summed E-state index contributed by atoms with van der Waals surface area (Å²) in [4.78, 5) is 40.3. The maximum Gasteiger partial charge on any atom is 0.273 e. The number of halogens is 1. The average molecular weight is 486 g/mol. The quantitative estimate of drug-likeness (QED) is 0.488. The minimum atomic E-state index is -1.06. The molecule has 0 aliphatic rings. The summed E-state index contributed by atoms with van der Waals surface area (Å²) in [7, 11) is 0. The molecule has 0 unspecified atom stereocenters. The summed E-state index contributed by atoms with van der Waals surface area (Å²) in [5, 5.41) is 3.43. The number of aromatic nitrogens is 1. The Morgan fingerprint density at radius 1 is 1.06 bits per heavy atom. The molecule has 10 heteroatoms. The van der Waals surface area contributed by atoms with Crippen molar-refractivity contribution in [2.75, 3.05) is 10.6 Å². The molecule has 0 bridgehead atoms. The lowest BCUT2D eigenvalue weighted by molar-refractivity contribution is -0.123. The number of anilines is 2. The molecule has 3 amide bonds. The van der Waals surface area contributed by atoms with Crippen molar-refractivity contribution in [1.82, 2.24) is 9.69 Å². The predicted octanol–water partition coefficient (Wildman–Crippen LogP) is 3.78. The van der Waals surface area contributed by atoms with Crippen molar-refractivity contribution in [1.29, 1.82) is 0 Å². The molecule has 33 heavy (non-hydrogen) atoms. The molecule has 0 radical (unpaired) electrons. The van der Waals surface area contributed by atoms with Gasteiger partial charge in [0.1, 0.15) is 10.9 Å². The van der Waals surface area contributed by atoms with Gasteiger partial charge >= 0.3 is 0 Å². The van der Waals surface area contributed by atoms with Crippen LogP contribution in [0.4, 0.5) is 11.4 Å². The largest absolute Gasteiger partial charge is 0.395 e. The Morgan fingerprint density at radius 3 is 2.18 bits per heavy atom. The first-order valence-corrected chi connectivity index (χ1v) is 11.2. The highest BCUT2D eigenvalue weighted by molar-refractivity contribution is 7.09. The molecule has 1 heterocycles. The smallest absolute Gasteiger partial charge is 0.273 e. The summed E-state index contributed by atoms with van der Waals surface area (Å²) in [5.41, 5.74) is 11.5.